The first kappa shape index (κ1) is 18.9. The molecular formula is C19H23ClN6O2. The van der Waals surface area contributed by atoms with E-state index in [0.29, 0.717) is 11.6 Å². The third-order valence-electron chi connectivity index (χ3n) is 5.91. The molecule has 0 spiro atoms. The van der Waals surface area contributed by atoms with Crippen LogP contribution in [-0.4, -0.2) is 50.2 Å². The van der Waals surface area contributed by atoms with Crippen molar-refractivity contribution in [2.75, 3.05) is 13.1 Å². The molecule has 1 aromatic carbocycles. The third-order valence-corrected chi connectivity index (χ3v) is 6.16. The Morgan fingerprint density at radius 1 is 1.18 bits per heavy atom. The number of amides is 3. The van der Waals surface area contributed by atoms with E-state index in [1.165, 1.54) is 0 Å². The first-order chi connectivity index (χ1) is 13.4. The smallest absolute Gasteiger partial charge is 0.322 e. The largest absolute Gasteiger partial charge is 0.323 e. The molecule has 1 unspecified atom stereocenters. The summed E-state index contributed by atoms with van der Waals surface area (Å²) < 4.78 is 2.00. The van der Waals surface area contributed by atoms with Gasteiger partial charge in [0.05, 0.1) is 6.54 Å². The molecule has 2 N–H and O–H groups in total. The van der Waals surface area contributed by atoms with Crippen LogP contribution in [0.4, 0.5) is 4.79 Å². The first-order valence-electron chi connectivity index (χ1n) is 9.37. The molecule has 4 rings (SSSR count). The number of hydrogen-bond donors (Lipinski definition) is 2. The number of nitrogens with one attached hydrogen (secondary N) is 2. The third kappa shape index (κ3) is 3.38. The maximum atomic E-state index is 12.1. The molecule has 9 heteroatoms. The van der Waals surface area contributed by atoms with Gasteiger partial charge in [-0.1, -0.05) is 11.6 Å². The first-order valence-corrected chi connectivity index (χ1v) is 9.75. The summed E-state index contributed by atoms with van der Waals surface area (Å²) in [6.45, 7) is 4.19. The van der Waals surface area contributed by atoms with Gasteiger partial charge in [-0.25, -0.2) is 4.79 Å². The molecule has 3 heterocycles. The van der Waals surface area contributed by atoms with Crippen LogP contribution in [0.5, 0.6) is 0 Å². The minimum absolute atomic E-state index is 0.124. The van der Waals surface area contributed by atoms with Crippen molar-refractivity contribution in [3.8, 4) is 11.4 Å². The number of rotatable bonds is 4. The molecule has 2 aromatic rings. The van der Waals surface area contributed by atoms with E-state index in [1.54, 1.807) is 0 Å². The maximum Gasteiger partial charge on any atom is 0.322 e. The van der Waals surface area contributed by atoms with Gasteiger partial charge in [0.15, 0.2) is 5.82 Å². The lowest BCUT2D eigenvalue weighted by atomic mass is 9.79. The number of urea groups is 1. The number of aromatic nitrogens is 3. The van der Waals surface area contributed by atoms with Gasteiger partial charge in [0.2, 0.25) is 0 Å². The second-order valence-corrected chi connectivity index (χ2v) is 8.10. The topological polar surface area (TPSA) is 92.2 Å². The molecule has 1 atom stereocenters. The number of imide groups is 1. The van der Waals surface area contributed by atoms with Crippen LogP contribution in [0.3, 0.4) is 0 Å². The van der Waals surface area contributed by atoms with E-state index in [9.17, 15) is 9.59 Å². The van der Waals surface area contributed by atoms with E-state index in [2.05, 4.69) is 25.7 Å². The van der Waals surface area contributed by atoms with Crippen LogP contribution in [0.2, 0.25) is 5.02 Å². The molecule has 8 nitrogen and oxygen atoms in total. The van der Waals surface area contributed by atoms with Gasteiger partial charge < -0.3 is 9.88 Å². The summed E-state index contributed by atoms with van der Waals surface area (Å²) in [5.74, 6) is 1.59. The average molecular weight is 403 g/mol. The minimum Gasteiger partial charge on any atom is -0.323 e. The lowest BCUT2D eigenvalue weighted by Gasteiger charge is -2.38. The highest BCUT2D eigenvalue weighted by atomic mass is 35.5. The SMILES string of the molecule is Cn1c(CN2CCC(C3(C)NC(=O)NC3=O)CC2)nnc1-c1ccc(Cl)cc1. The molecule has 0 bridgehead atoms. The number of halogens is 1. The molecule has 0 radical (unpaired) electrons. The predicted octanol–water partition coefficient (Wildman–Crippen LogP) is 1.95. The van der Waals surface area contributed by atoms with Crippen LogP contribution >= 0.6 is 11.6 Å². The van der Waals surface area contributed by atoms with Crippen LogP contribution in [0.15, 0.2) is 24.3 Å². The highest BCUT2D eigenvalue weighted by Crippen LogP contribution is 2.31. The van der Waals surface area contributed by atoms with E-state index < -0.39 is 11.6 Å². The zero-order valence-electron chi connectivity index (χ0n) is 15.9. The Balaban J connectivity index is 1.40. The number of likely N-dealkylation sites (tertiary alicyclic amines) is 1. The second kappa shape index (κ2) is 7.18. The minimum atomic E-state index is -0.810. The molecular weight excluding hydrogens is 380 g/mol. The van der Waals surface area contributed by atoms with Gasteiger partial charge in [0.1, 0.15) is 11.4 Å². The van der Waals surface area contributed by atoms with Crippen molar-refractivity contribution < 1.29 is 9.59 Å². The van der Waals surface area contributed by atoms with E-state index in [1.807, 2.05) is 42.8 Å². The lowest BCUT2D eigenvalue weighted by molar-refractivity contribution is -0.125. The number of carbonyl (C=O) groups is 2. The van der Waals surface area contributed by atoms with Gasteiger partial charge in [-0.15, -0.1) is 10.2 Å². The molecule has 148 valence electrons. The number of benzene rings is 1. The molecule has 28 heavy (non-hydrogen) atoms. The highest BCUT2D eigenvalue weighted by Gasteiger charge is 2.48. The van der Waals surface area contributed by atoms with E-state index >= 15 is 0 Å². The number of piperidine rings is 1. The second-order valence-electron chi connectivity index (χ2n) is 7.67. The molecule has 0 saturated carbocycles. The van der Waals surface area contributed by atoms with Gasteiger partial charge in [0, 0.05) is 17.6 Å². The van der Waals surface area contributed by atoms with E-state index in [-0.39, 0.29) is 11.8 Å². The monoisotopic (exact) mass is 402 g/mol. The zero-order chi connectivity index (χ0) is 19.9. The Hall–Kier alpha value is -2.45. The number of nitrogens with zero attached hydrogens (tertiary/aromatic N) is 4. The van der Waals surface area contributed by atoms with Crippen molar-refractivity contribution in [2.24, 2.45) is 13.0 Å². The highest BCUT2D eigenvalue weighted by molar-refractivity contribution is 6.30. The van der Waals surface area contributed by atoms with Crippen LogP contribution in [0.25, 0.3) is 11.4 Å². The fraction of sp³-hybridized carbons (Fsp3) is 0.474. The summed E-state index contributed by atoms with van der Waals surface area (Å²) in [6, 6.07) is 7.15. The molecule has 2 fully saturated rings. The molecule has 1 aromatic heterocycles. The summed E-state index contributed by atoms with van der Waals surface area (Å²) in [7, 11) is 1.96. The Morgan fingerprint density at radius 2 is 1.86 bits per heavy atom. The van der Waals surface area contributed by atoms with Crippen molar-refractivity contribution in [3.05, 3.63) is 35.1 Å². The normalized spacial score (nSPS) is 23.7. The zero-order valence-corrected chi connectivity index (χ0v) is 16.7. The summed E-state index contributed by atoms with van der Waals surface area (Å²) in [4.78, 5) is 26.0. The standard InChI is InChI=1S/C19H23ClN6O2/c1-19(17(27)21-18(28)22-19)13-7-9-26(10-8-13)11-15-23-24-16(25(15)2)12-3-5-14(20)6-4-12/h3-6,13H,7-11H2,1-2H3,(H2,21,22,27,28). The molecule has 0 aliphatic carbocycles. The fourth-order valence-corrected chi connectivity index (χ4v) is 4.19. The summed E-state index contributed by atoms with van der Waals surface area (Å²) in [5.41, 5.74) is 0.163. The lowest BCUT2D eigenvalue weighted by Crippen LogP contribution is -2.53. The van der Waals surface area contributed by atoms with Crippen LogP contribution in [0.1, 0.15) is 25.6 Å². The number of carbonyl (C=O) groups excluding carboxylic acids is 2. The van der Waals surface area contributed by atoms with Gasteiger partial charge in [-0.2, -0.15) is 0 Å². The van der Waals surface area contributed by atoms with Crippen molar-refractivity contribution in [2.45, 2.75) is 31.8 Å². The van der Waals surface area contributed by atoms with Crippen molar-refractivity contribution in [1.29, 1.82) is 0 Å². The van der Waals surface area contributed by atoms with Crippen molar-refractivity contribution in [1.82, 2.24) is 30.3 Å². The van der Waals surface area contributed by atoms with Crippen LogP contribution in [-0.2, 0) is 18.4 Å². The van der Waals surface area contributed by atoms with Gasteiger partial charge >= 0.3 is 6.03 Å². The Kier molecular flexibility index (Phi) is 4.84. The predicted molar refractivity (Wildman–Crippen MR) is 105 cm³/mol. The number of hydrogen-bond acceptors (Lipinski definition) is 5. The summed E-state index contributed by atoms with van der Waals surface area (Å²) in [5, 5.41) is 14.5. The maximum absolute atomic E-state index is 12.1. The van der Waals surface area contributed by atoms with Gasteiger partial charge in [-0.3, -0.25) is 15.0 Å². The van der Waals surface area contributed by atoms with E-state index in [0.717, 1.165) is 43.1 Å². The van der Waals surface area contributed by atoms with Gasteiger partial charge in [0.25, 0.3) is 5.91 Å². The Bertz CT molecular complexity index is 904. The van der Waals surface area contributed by atoms with Gasteiger partial charge in [-0.05, 0) is 63.0 Å². The van der Waals surface area contributed by atoms with Crippen LogP contribution in [0, 0.1) is 5.92 Å². The summed E-state index contributed by atoms with van der Waals surface area (Å²) >= 11 is 5.96. The van der Waals surface area contributed by atoms with E-state index in [4.69, 9.17) is 11.6 Å². The van der Waals surface area contributed by atoms with Crippen LogP contribution < -0.4 is 10.6 Å². The quantitative estimate of drug-likeness (QED) is 0.762. The average Bonchev–Trinajstić information content (AvgIpc) is 3.16. The Morgan fingerprint density at radius 3 is 2.46 bits per heavy atom. The Labute approximate surface area is 168 Å². The fourth-order valence-electron chi connectivity index (χ4n) is 4.06. The molecule has 2 aliphatic heterocycles. The summed E-state index contributed by atoms with van der Waals surface area (Å²) in [6.07, 6.45) is 1.68. The van der Waals surface area contributed by atoms with Crippen molar-refractivity contribution >= 4 is 23.5 Å². The molecule has 2 aliphatic rings. The molecule has 3 amide bonds. The molecule has 2 saturated heterocycles. The van der Waals surface area contributed by atoms with Crippen molar-refractivity contribution in [3.63, 3.8) is 0 Å².